The van der Waals surface area contributed by atoms with Gasteiger partial charge in [-0.1, -0.05) is 90.1 Å². The van der Waals surface area contributed by atoms with E-state index in [1.165, 1.54) is 60.8 Å². The monoisotopic (exact) mass is 588 g/mol. The predicted molar refractivity (Wildman–Crippen MR) is 193 cm³/mol. The van der Waals surface area contributed by atoms with Crippen molar-refractivity contribution in [1.82, 2.24) is 9.97 Å². The molecule has 0 aliphatic carbocycles. The maximum absolute atomic E-state index is 4.91. The molecule has 0 bridgehead atoms. The summed E-state index contributed by atoms with van der Waals surface area (Å²) in [6, 6.07) is 33.6. The van der Waals surface area contributed by atoms with E-state index in [0.717, 1.165) is 22.5 Å². The molecule has 0 atom stereocenters. The minimum Gasteiger partial charge on any atom is -0.256 e. The molecule has 0 saturated carbocycles. The summed E-state index contributed by atoms with van der Waals surface area (Å²) < 4.78 is 0. The largest absolute Gasteiger partial charge is 0.256 e. The fraction of sp³-hybridized carbons (Fsp3) is 0.256. The Bertz CT molecular complexity index is 2050. The summed E-state index contributed by atoms with van der Waals surface area (Å²) >= 11 is 0. The first-order chi connectivity index (χ1) is 21.3. The van der Waals surface area contributed by atoms with Gasteiger partial charge in [0.2, 0.25) is 0 Å². The van der Waals surface area contributed by atoms with Crippen LogP contribution in [0.5, 0.6) is 0 Å². The quantitative estimate of drug-likeness (QED) is 0.205. The number of hydrogen-bond donors (Lipinski definition) is 0. The number of hydrogen-bond acceptors (Lipinski definition) is 2. The molecule has 226 valence electrons. The van der Waals surface area contributed by atoms with Crippen LogP contribution in [-0.2, 0) is 10.8 Å². The summed E-state index contributed by atoms with van der Waals surface area (Å²) in [6.07, 6.45) is 3.89. The van der Waals surface area contributed by atoms with E-state index >= 15 is 0 Å². The molecule has 0 amide bonds. The molecule has 2 nitrogen and oxygen atoms in total. The van der Waals surface area contributed by atoms with Gasteiger partial charge in [-0.15, -0.1) is 0 Å². The van der Waals surface area contributed by atoms with E-state index in [2.05, 4.69) is 153 Å². The molecule has 0 spiro atoms. The number of nitrogens with zero attached hydrogens (tertiary/aromatic N) is 2. The highest BCUT2D eigenvalue weighted by Gasteiger charge is 2.21. The van der Waals surface area contributed by atoms with E-state index < -0.39 is 0 Å². The van der Waals surface area contributed by atoms with Gasteiger partial charge in [0.25, 0.3) is 0 Å². The molecule has 0 saturated heterocycles. The zero-order chi connectivity index (χ0) is 32.1. The standard InChI is InChI=1S/C43H44N2/c1-27-20-29(3)37(21-28(27)2)31-16-18-44-40(25-31)33-23-38-35(14-11-15-36(38)39(24-33)43(7,8)9)30-12-10-13-32(22-30)41-26-34(17-19-45-41)42(4,5)6/h10-26H,1-9H3. The first kappa shape index (κ1) is 30.5. The highest BCUT2D eigenvalue weighted by atomic mass is 14.7. The van der Waals surface area contributed by atoms with E-state index in [0.29, 0.717) is 0 Å². The molecule has 2 heterocycles. The summed E-state index contributed by atoms with van der Waals surface area (Å²) in [5, 5.41) is 2.52. The van der Waals surface area contributed by atoms with E-state index in [9.17, 15) is 0 Å². The Morgan fingerprint density at radius 1 is 0.444 bits per heavy atom. The Morgan fingerprint density at radius 2 is 1.09 bits per heavy atom. The van der Waals surface area contributed by atoms with Crippen LogP contribution in [0.3, 0.4) is 0 Å². The van der Waals surface area contributed by atoms with Crippen molar-refractivity contribution in [3.05, 3.63) is 131 Å². The zero-order valence-corrected chi connectivity index (χ0v) is 28.2. The molecular formula is C43H44N2. The average Bonchev–Trinajstić information content (AvgIpc) is 3.01. The van der Waals surface area contributed by atoms with Crippen LogP contribution in [0, 0.1) is 20.8 Å². The Morgan fingerprint density at radius 3 is 1.82 bits per heavy atom. The number of benzene rings is 4. The highest BCUT2D eigenvalue weighted by Crippen LogP contribution is 2.40. The van der Waals surface area contributed by atoms with E-state index in [4.69, 9.17) is 9.97 Å². The number of aryl methyl sites for hydroxylation is 3. The fourth-order valence-electron chi connectivity index (χ4n) is 6.33. The van der Waals surface area contributed by atoms with Gasteiger partial charge in [-0.3, -0.25) is 9.97 Å². The van der Waals surface area contributed by atoms with Gasteiger partial charge < -0.3 is 0 Å². The molecule has 0 radical (unpaired) electrons. The van der Waals surface area contributed by atoms with Gasteiger partial charge in [0.1, 0.15) is 0 Å². The highest BCUT2D eigenvalue weighted by molar-refractivity contribution is 6.01. The zero-order valence-electron chi connectivity index (χ0n) is 28.2. The molecule has 0 aliphatic heterocycles. The number of fused-ring (bicyclic) bond motifs is 1. The van der Waals surface area contributed by atoms with Gasteiger partial charge in [-0.05, 0) is 135 Å². The summed E-state index contributed by atoms with van der Waals surface area (Å²) in [6.45, 7) is 20.2. The van der Waals surface area contributed by atoms with Crippen LogP contribution in [0.25, 0.3) is 55.5 Å². The Labute approximate surface area is 269 Å². The van der Waals surface area contributed by atoms with Crippen molar-refractivity contribution in [1.29, 1.82) is 0 Å². The van der Waals surface area contributed by atoms with Gasteiger partial charge in [0.05, 0.1) is 11.4 Å². The molecule has 2 heteroatoms. The van der Waals surface area contributed by atoms with Crippen LogP contribution in [0.4, 0.5) is 0 Å². The Balaban J connectivity index is 1.53. The van der Waals surface area contributed by atoms with E-state index in [1.807, 2.05) is 12.4 Å². The SMILES string of the molecule is Cc1cc(C)c(-c2ccnc(-c3cc(C(C)(C)C)c4cccc(-c5cccc(-c6cc(C(C)(C)C)ccn6)c5)c4c3)c2)cc1C. The second-order valence-electron chi connectivity index (χ2n) is 14.6. The molecule has 45 heavy (non-hydrogen) atoms. The fourth-order valence-corrected chi connectivity index (χ4v) is 6.33. The van der Waals surface area contributed by atoms with Crippen LogP contribution < -0.4 is 0 Å². The molecule has 6 aromatic rings. The second-order valence-corrected chi connectivity index (χ2v) is 14.6. The minimum atomic E-state index is -0.0473. The van der Waals surface area contributed by atoms with Crippen molar-refractivity contribution in [3.63, 3.8) is 0 Å². The third-order valence-electron chi connectivity index (χ3n) is 9.11. The Hall–Kier alpha value is -4.56. The third-order valence-corrected chi connectivity index (χ3v) is 9.11. The topological polar surface area (TPSA) is 25.8 Å². The summed E-state index contributed by atoms with van der Waals surface area (Å²) in [7, 11) is 0. The molecule has 0 unspecified atom stereocenters. The normalized spacial score (nSPS) is 12.1. The van der Waals surface area contributed by atoms with Crippen molar-refractivity contribution in [2.24, 2.45) is 0 Å². The van der Waals surface area contributed by atoms with Crippen molar-refractivity contribution >= 4 is 10.8 Å². The van der Waals surface area contributed by atoms with Crippen LogP contribution in [-0.4, -0.2) is 9.97 Å². The van der Waals surface area contributed by atoms with Crippen LogP contribution in [0.2, 0.25) is 0 Å². The summed E-state index contributed by atoms with van der Waals surface area (Å²) in [4.78, 5) is 9.67. The number of aromatic nitrogens is 2. The van der Waals surface area contributed by atoms with Crippen molar-refractivity contribution in [2.45, 2.75) is 73.1 Å². The van der Waals surface area contributed by atoms with E-state index in [1.54, 1.807) is 0 Å². The molecule has 0 aliphatic rings. The van der Waals surface area contributed by atoms with Crippen molar-refractivity contribution in [3.8, 4) is 44.8 Å². The lowest BCUT2D eigenvalue weighted by Gasteiger charge is -2.24. The second kappa shape index (κ2) is 11.4. The lowest BCUT2D eigenvalue weighted by molar-refractivity contribution is 0.589. The van der Waals surface area contributed by atoms with Crippen molar-refractivity contribution < 1.29 is 0 Å². The third kappa shape index (κ3) is 6.07. The molecule has 0 N–H and O–H groups in total. The number of pyridine rings is 2. The Kier molecular flexibility index (Phi) is 7.73. The van der Waals surface area contributed by atoms with Crippen molar-refractivity contribution in [2.75, 3.05) is 0 Å². The van der Waals surface area contributed by atoms with E-state index in [-0.39, 0.29) is 10.8 Å². The first-order valence-electron chi connectivity index (χ1n) is 16.0. The molecule has 2 aromatic heterocycles. The molecule has 6 rings (SSSR count). The lowest BCUT2D eigenvalue weighted by atomic mass is 9.81. The smallest absolute Gasteiger partial charge is 0.0708 e. The van der Waals surface area contributed by atoms with Gasteiger partial charge >= 0.3 is 0 Å². The average molecular weight is 589 g/mol. The predicted octanol–water partition coefficient (Wildman–Crippen LogP) is 11.8. The maximum Gasteiger partial charge on any atom is 0.0708 e. The van der Waals surface area contributed by atoms with Crippen LogP contribution in [0.1, 0.15) is 69.4 Å². The molecular weight excluding hydrogens is 544 g/mol. The van der Waals surface area contributed by atoms with Crippen LogP contribution in [0.15, 0.2) is 103 Å². The van der Waals surface area contributed by atoms with Crippen LogP contribution >= 0.6 is 0 Å². The van der Waals surface area contributed by atoms with Gasteiger partial charge in [-0.25, -0.2) is 0 Å². The first-order valence-corrected chi connectivity index (χ1v) is 16.0. The van der Waals surface area contributed by atoms with Gasteiger partial charge in [0.15, 0.2) is 0 Å². The summed E-state index contributed by atoms with van der Waals surface area (Å²) in [5.74, 6) is 0. The molecule has 0 fully saturated rings. The van der Waals surface area contributed by atoms with Gasteiger partial charge in [-0.2, -0.15) is 0 Å². The maximum atomic E-state index is 4.91. The minimum absolute atomic E-state index is 0.0473. The lowest BCUT2D eigenvalue weighted by Crippen LogP contribution is -2.12. The van der Waals surface area contributed by atoms with Gasteiger partial charge in [0, 0.05) is 23.5 Å². The molecule has 4 aromatic carbocycles. The number of rotatable bonds is 4. The summed E-state index contributed by atoms with van der Waals surface area (Å²) in [5.41, 5.74) is 15.7.